The molecule has 0 spiro atoms. The summed E-state index contributed by atoms with van der Waals surface area (Å²) < 4.78 is 4.91. The van der Waals surface area contributed by atoms with Gasteiger partial charge in [-0.25, -0.2) is 0 Å². The molecule has 0 bridgehead atoms. The van der Waals surface area contributed by atoms with Crippen molar-refractivity contribution >= 4 is 5.97 Å². The van der Waals surface area contributed by atoms with Crippen LogP contribution in [-0.4, -0.2) is 46.2 Å². The normalized spacial score (nSPS) is 14.6. The fraction of sp³-hybridized carbons (Fsp3) is 0.857. The summed E-state index contributed by atoms with van der Waals surface area (Å²) >= 11 is 0. The summed E-state index contributed by atoms with van der Waals surface area (Å²) in [5, 5.41) is 29.9. The number of rotatable bonds is 18. The summed E-state index contributed by atoms with van der Waals surface area (Å²) in [5.41, 5.74) is 0. The molecule has 0 fully saturated rings. The molecular weight excluding hydrogens is 332 g/mol. The standard InChI is InChI=1S/C21H40O5/c1-3-5-6-10-13-18(22)17-20(24)19(23)14-11-8-7-9-12-15-21(25)26-16-4-2/h4,18-20,22-24H,2-3,5-17H2,1H3. The van der Waals surface area contributed by atoms with Crippen molar-refractivity contribution in [2.75, 3.05) is 6.61 Å². The Balaban J connectivity index is 3.58. The zero-order chi connectivity index (χ0) is 19.6. The Kier molecular flexibility index (Phi) is 16.9. The van der Waals surface area contributed by atoms with E-state index >= 15 is 0 Å². The van der Waals surface area contributed by atoms with Crippen LogP contribution in [-0.2, 0) is 9.53 Å². The highest BCUT2D eigenvalue weighted by molar-refractivity contribution is 5.69. The van der Waals surface area contributed by atoms with Crippen LogP contribution in [0.1, 0.15) is 90.4 Å². The van der Waals surface area contributed by atoms with E-state index < -0.39 is 18.3 Å². The average Bonchev–Trinajstić information content (AvgIpc) is 2.62. The lowest BCUT2D eigenvalue weighted by Crippen LogP contribution is -2.30. The van der Waals surface area contributed by atoms with E-state index in [0.29, 0.717) is 19.3 Å². The Morgan fingerprint density at radius 2 is 1.54 bits per heavy atom. The summed E-state index contributed by atoms with van der Waals surface area (Å²) in [6.45, 7) is 5.91. The predicted molar refractivity (Wildman–Crippen MR) is 105 cm³/mol. The molecule has 0 rings (SSSR count). The van der Waals surface area contributed by atoms with Gasteiger partial charge in [0.15, 0.2) is 0 Å². The molecule has 26 heavy (non-hydrogen) atoms. The molecule has 0 aromatic rings. The smallest absolute Gasteiger partial charge is 0.306 e. The monoisotopic (exact) mass is 372 g/mol. The molecule has 3 N–H and O–H groups in total. The first-order valence-electron chi connectivity index (χ1n) is 10.3. The fourth-order valence-electron chi connectivity index (χ4n) is 2.93. The fourth-order valence-corrected chi connectivity index (χ4v) is 2.93. The van der Waals surface area contributed by atoms with Gasteiger partial charge in [-0.05, 0) is 19.3 Å². The largest absolute Gasteiger partial charge is 0.461 e. The highest BCUT2D eigenvalue weighted by Gasteiger charge is 2.19. The lowest BCUT2D eigenvalue weighted by molar-refractivity contribution is -0.142. The molecule has 3 unspecified atom stereocenters. The third kappa shape index (κ3) is 15.4. The van der Waals surface area contributed by atoms with Gasteiger partial charge in [0.1, 0.15) is 6.61 Å². The zero-order valence-electron chi connectivity index (χ0n) is 16.6. The van der Waals surface area contributed by atoms with Crippen LogP contribution in [0.3, 0.4) is 0 Å². The average molecular weight is 373 g/mol. The molecular formula is C21H40O5. The van der Waals surface area contributed by atoms with E-state index in [-0.39, 0.29) is 19.0 Å². The van der Waals surface area contributed by atoms with Gasteiger partial charge in [0.2, 0.25) is 0 Å². The number of ether oxygens (including phenoxy) is 1. The molecule has 0 saturated carbocycles. The van der Waals surface area contributed by atoms with Crippen molar-refractivity contribution < 1.29 is 24.9 Å². The van der Waals surface area contributed by atoms with Gasteiger partial charge in [-0.3, -0.25) is 4.79 Å². The molecule has 0 saturated heterocycles. The van der Waals surface area contributed by atoms with Gasteiger partial charge >= 0.3 is 5.97 Å². The molecule has 0 heterocycles. The van der Waals surface area contributed by atoms with Gasteiger partial charge in [0.25, 0.3) is 0 Å². The SMILES string of the molecule is C=CCOC(=O)CCCCCCCC(O)C(O)CC(O)CCCCCC. The molecule has 5 heteroatoms. The van der Waals surface area contributed by atoms with Crippen LogP contribution < -0.4 is 0 Å². The molecule has 0 aliphatic heterocycles. The Morgan fingerprint density at radius 1 is 0.923 bits per heavy atom. The van der Waals surface area contributed by atoms with Gasteiger partial charge < -0.3 is 20.1 Å². The van der Waals surface area contributed by atoms with Gasteiger partial charge in [-0.1, -0.05) is 70.9 Å². The van der Waals surface area contributed by atoms with E-state index in [9.17, 15) is 20.1 Å². The minimum Gasteiger partial charge on any atom is -0.461 e. The molecule has 0 aliphatic rings. The lowest BCUT2D eigenvalue weighted by atomic mass is 9.98. The minimum atomic E-state index is -0.851. The zero-order valence-corrected chi connectivity index (χ0v) is 16.6. The van der Waals surface area contributed by atoms with E-state index in [1.54, 1.807) is 6.08 Å². The van der Waals surface area contributed by atoms with Crippen molar-refractivity contribution in [2.45, 2.75) is 109 Å². The summed E-state index contributed by atoms with van der Waals surface area (Å²) in [6.07, 6.45) is 10.3. The van der Waals surface area contributed by atoms with Crippen molar-refractivity contribution in [1.82, 2.24) is 0 Å². The van der Waals surface area contributed by atoms with Gasteiger partial charge in [-0.2, -0.15) is 0 Å². The van der Waals surface area contributed by atoms with Gasteiger partial charge in [0, 0.05) is 12.8 Å². The Hall–Kier alpha value is -0.910. The summed E-state index contributed by atoms with van der Waals surface area (Å²) in [6, 6.07) is 0. The number of unbranched alkanes of at least 4 members (excludes halogenated alkanes) is 7. The maximum Gasteiger partial charge on any atom is 0.306 e. The van der Waals surface area contributed by atoms with E-state index in [2.05, 4.69) is 13.5 Å². The van der Waals surface area contributed by atoms with E-state index in [0.717, 1.165) is 51.4 Å². The summed E-state index contributed by atoms with van der Waals surface area (Å²) in [5.74, 6) is -0.184. The van der Waals surface area contributed by atoms with Crippen molar-refractivity contribution in [2.24, 2.45) is 0 Å². The number of carbonyl (C=O) groups is 1. The predicted octanol–water partition coefficient (Wildman–Crippen LogP) is 3.89. The van der Waals surface area contributed by atoms with E-state index in [1.807, 2.05) is 0 Å². The second-order valence-electron chi connectivity index (χ2n) is 7.15. The Morgan fingerprint density at radius 3 is 2.23 bits per heavy atom. The summed E-state index contributed by atoms with van der Waals surface area (Å²) in [7, 11) is 0. The van der Waals surface area contributed by atoms with Crippen LogP contribution in [0.2, 0.25) is 0 Å². The summed E-state index contributed by atoms with van der Waals surface area (Å²) in [4.78, 5) is 11.3. The minimum absolute atomic E-state index is 0.184. The second kappa shape index (κ2) is 17.5. The molecule has 154 valence electrons. The number of hydrogen-bond acceptors (Lipinski definition) is 5. The Labute approximate surface area is 159 Å². The first-order valence-corrected chi connectivity index (χ1v) is 10.3. The number of aliphatic hydroxyl groups is 3. The van der Waals surface area contributed by atoms with Crippen molar-refractivity contribution in [1.29, 1.82) is 0 Å². The van der Waals surface area contributed by atoms with E-state index in [1.165, 1.54) is 6.42 Å². The first kappa shape index (κ1) is 25.1. The molecule has 0 amide bonds. The lowest BCUT2D eigenvalue weighted by Gasteiger charge is -2.20. The van der Waals surface area contributed by atoms with Gasteiger partial charge in [-0.15, -0.1) is 0 Å². The number of hydrogen-bond donors (Lipinski definition) is 3. The number of carbonyl (C=O) groups excluding carboxylic acids is 1. The van der Waals surface area contributed by atoms with Crippen LogP contribution >= 0.6 is 0 Å². The third-order valence-corrected chi connectivity index (χ3v) is 4.59. The van der Waals surface area contributed by atoms with Crippen molar-refractivity contribution in [3.8, 4) is 0 Å². The van der Waals surface area contributed by atoms with Gasteiger partial charge in [0.05, 0.1) is 18.3 Å². The van der Waals surface area contributed by atoms with Crippen LogP contribution in [0, 0.1) is 0 Å². The first-order chi connectivity index (χ1) is 12.5. The Bertz CT molecular complexity index is 345. The van der Waals surface area contributed by atoms with Crippen LogP contribution in [0.15, 0.2) is 12.7 Å². The van der Waals surface area contributed by atoms with Crippen LogP contribution in [0.4, 0.5) is 0 Å². The van der Waals surface area contributed by atoms with Crippen molar-refractivity contribution in [3.63, 3.8) is 0 Å². The molecule has 0 aliphatic carbocycles. The maximum absolute atomic E-state index is 11.3. The highest BCUT2D eigenvalue weighted by atomic mass is 16.5. The molecule has 0 aromatic carbocycles. The third-order valence-electron chi connectivity index (χ3n) is 4.59. The molecule has 3 atom stereocenters. The van der Waals surface area contributed by atoms with E-state index in [4.69, 9.17) is 4.74 Å². The number of esters is 1. The topological polar surface area (TPSA) is 87.0 Å². The van der Waals surface area contributed by atoms with Crippen LogP contribution in [0.25, 0.3) is 0 Å². The molecule has 0 radical (unpaired) electrons. The maximum atomic E-state index is 11.3. The molecule has 0 aromatic heterocycles. The number of aliphatic hydroxyl groups excluding tert-OH is 3. The quantitative estimate of drug-likeness (QED) is 0.193. The van der Waals surface area contributed by atoms with Crippen molar-refractivity contribution in [3.05, 3.63) is 12.7 Å². The second-order valence-corrected chi connectivity index (χ2v) is 7.15. The molecule has 5 nitrogen and oxygen atoms in total. The highest BCUT2D eigenvalue weighted by Crippen LogP contribution is 2.15. The van der Waals surface area contributed by atoms with Crippen LogP contribution in [0.5, 0.6) is 0 Å².